The van der Waals surface area contributed by atoms with Crippen molar-refractivity contribution in [1.29, 1.82) is 0 Å². The zero-order valence-corrected chi connectivity index (χ0v) is 13.7. The van der Waals surface area contributed by atoms with Gasteiger partial charge in [0.25, 0.3) is 0 Å². The quantitative estimate of drug-likeness (QED) is 0.458. The maximum Gasteiger partial charge on any atom is 0.337 e. The van der Waals surface area contributed by atoms with Crippen LogP contribution in [-0.4, -0.2) is 19.0 Å². The van der Waals surface area contributed by atoms with Crippen LogP contribution in [0.1, 0.15) is 15.9 Å². The predicted molar refractivity (Wildman–Crippen MR) is 86.6 cm³/mol. The van der Waals surface area contributed by atoms with Gasteiger partial charge in [0, 0.05) is 16.1 Å². The minimum absolute atomic E-state index is 0.261. The summed E-state index contributed by atoms with van der Waals surface area (Å²) >= 11 is 3.23. The van der Waals surface area contributed by atoms with E-state index in [1.165, 1.54) is 43.5 Å². The second-order valence-corrected chi connectivity index (χ2v) is 5.35. The lowest BCUT2D eigenvalue weighted by Crippen LogP contribution is -2.05. The highest BCUT2D eigenvalue weighted by molar-refractivity contribution is 9.10. The minimum atomic E-state index is -0.657. The van der Waals surface area contributed by atoms with Gasteiger partial charge in [-0.1, -0.05) is 15.9 Å². The van der Waals surface area contributed by atoms with Crippen molar-refractivity contribution in [1.82, 2.24) is 0 Å². The Morgan fingerprint density at radius 3 is 2.48 bits per heavy atom. The summed E-state index contributed by atoms with van der Waals surface area (Å²) in [5.41, 5.74) is 0.608. The SMILES string of the molecule is COC(=O)c1ccc(OC(=O)/C=C/c2cc(Br)ccc2F)cc1. The van der Waals surface area contributed by atoms with Crippen LogP contribution in [0, 0.1) is 5.82 Å². The normalized spacial score (nSPS) is 10.6. The lowest BCUT2D eigenvalue weighted by atomic mass is 10.2. The van der Waals surface area contributed by atoms with E-state index in [-0.39, 0.29) is 11.3 Å². The molecule has 0 aliphatic carbocycles. The minimum Gasteiger partial charge on any atom is -0.465 e. The first kappa shape index (κ1) is 16.9. The van der Waals surface area contributed by atoms with E-state index in [2.05, 4.69) is 20.7 Å². The van der Waals surface area contributed by atoms with Crippen molar-refractivity contribution >= 4 is 33.9 Å². The number of esters is 2. The second-order valence-electron chi connectivity index (χ2n) is 4.44. The molecule has 0 atom stereocenters. The Balaban J connectivity index is 2.03. The van der Waals surface area contributed by atoms with Gasteiger partial charge in [-0.25, -0.2) is 14.0 Å². The number of ether oxygens (including phenoxy) is 2. The molecular weight excluding hydrogens is 367 g/mol. The largest absolute Gasteiger partial charge is 0.465 e. The maximum atomic E-state index is 13.5. The lowest BCUT2D eigenvalue weighted by Gasteiger charge is -2.03. The zero-order valence-electron chi connectivity index (χ0n) is 12.1. The van der Waals surface area contributed by atoms with E-state index in [0.717, 1.165) is 6.08 Å². The Morgan fingerprint density at radius 2 is 1.83 bits per heavy atom. The zero-order chi connectivity index (χ0) is 16.8. The summed E-state index contributed by atoms with van der Waals surface area (Å²) in [6, 6.07) is 10.3. The molecule has 0 saturated carbocycles. The molecule has 0 radical (unpaired) electrons. The molecule has 2 aromatic carbocycles. The molecule has 2 rings (SSSR count). The molecule has 0 saturated heterocycles. The molecule has 0 unspecified atom stereocenters. The number of hydrogen-bond donors (Lipinski definition) is 0. The summed E-state index contributed by atoms with van der Waals surface area (Å²) in [7, 11) is 1.28. The van der Waals surface area contributed by atoms with E-state index >= 15 is 0 Å². The van der Waals surface area contributed by atoms with E-state index in [1.54, 1.807) is 12.1 Å². The van der Waals surface area contributed by atoms with Crippen molar-refractivity contribution in [3.8, 4) is 5.75 Å². The Bertz CT molecular complexity index is 754. The Morgan fingerprint density at radius 1 is 1.13 bits per heavy atom. The highest BCUT2D eigenvalue weighted by atomic mass is 79.9. The van der Waals surface area contributed by atoms with E-state index in [9.17, 15) is 14.0 Å². The number of methoxy groups -OCH3 is 1. The molecule has 6 heteroatoms. The summed E-state index contributed by atoms with van der Waals surface area (Å²) in [5.74, 6) is -1.32. The van der Waals surface area contributed by atoms with Crippen molar-refractivity contribution < 1.29 is 23.5 Å². The maximum absolute atomic E-state index is 13.5. The summed E-state index contributed by atoms with van der Waals surface area (Å²) in [5, 5.41) is 0. The molecule has 23 heavy (non-hydrogen) atoms. The van der Waals surface area contributed by atoms with E-state index < -0.39 is 17.8 Å². The van der Waals surface area contributed by atoms with Gasteiger partial charge in [-0.15, -0.1) is 0 Å². The monoisotopic (exact) mass is 378 g/mol. The molecular formula is C17H12BrFO4. The van der Waals surface area contributed by atoms with Crippen molar-refractivity contribution in [2.45, 2.75) is 0 Å². The first-order valence-corrected chi connectivity index (χ1v) is 7.32. The van der Waals surface area contributed by atoms with Gasteiger partial charge in [0.15, 0.2) is 0 Å². The first-order valence-electron chi connectivity index (χ1n) is 6.53. The molecule has 0 fully saturated rings. The summed E-state index contributed by atoms with van der Waals surface area (Å²) < 4.78 is 23.9. The van der Waals surface area contributed by atoms with Crippen LogP contribution in [0.15, 0.2) is 53.0 Å². The van der Waals surface area contributed by atoms with Crippen LogP contribution >= 0.6 is 15.9 Å². The Kier molecular flexibility index (Phi) is 5.65. The highest BCUT2D eigenvalue weighted by Gasteiger charge is 2.06. The molecule has 118 valence electrons. The molecule has 0 heterocycles. The molecule has 2 aromatic rings. The van der Waals surface area contributed by atoms with Gasteiger partial charge in [-0.3, -0.25) is 0 Å². The fourth-order valence-corrected chi connectivity index (χ4v) is 2.11. The standard InChI is InChI=1S/C17H12BrFO4/c1-22-17(21)11-2-6-14(7-3-11)23-16(20)9-4-12-10-13(18)5-8-15(12)19/h2-10H,1H3/b9-4+. The third kappa shape index (κ3) is 4.75. The van der Waals surface area contributed by atoms with Crippen LogP contribution in [0.25, 0.3) is 6.08 Å². The van der Waals surface area contributed by atoms with Gasteiger partial charge in [-0.2, -0.15) is 0 Å². The van der Waals surface area contributed by atoms with Crippen LogP contribution in [0.5, 0.6) is 5.75 Å². The molecule has 0 bridgehead atoms. The number of carbonyl (C=O) groups excluding carboxylic acids is 2. The number of carbonyl (C=O) groups is 2. The van der Waals surface area contributed by atoms with Crippen molar-refractivity contribution in [3.05, 3.63) is 70.0 Å². The van der Waals surface area contributed by atoms with Crippen molar-refractivity contribution in [3.63, 3.8) is 0 Å². The Labute approximate surface area is 140 Å². The number of halogens is 2. The van der Waals surface area contributed by atoms with Crippen molar-refractivity contribution in [2.24, 2.45) is 0 Å². The van der Waals surface area contributed by atoms with E-state index in [1.807, 2.05) is 0 Å². The molecule has 0 aliphatic rings. The number of rotatable bonds is 4. The van der Waals surface area contributed by atoms with Gasteiger partial charge < -0.3 is 9.47 Å². The van der Waals surface area contributed by atoms with Gasteiger partial charge in [-0.05, 0) is 48.5 Å². The second kappa shape index (κ2) is 7.69. The lowest BCUT2D eigenvalue weighted by molar-refractivity contribution is -0.128. The smallest absolute Gasteiger partial charge is 0.337 e. The number of hydrogen-bond acceptors (Lipinski definition) is 4. The van der Waals surface area contributed by atoms with Gasteiger partial charge in [0.1, 0.15) is 11.6 Å². The van der Waals surface area contributed by atoms with Gasteiger partial charge in [0.2, 0.25) is 0 Å². The van der Waals surface area contributed by atoms with Crippen LogP contribution in [0.2, 0.25) is 0 Å². The Hall–Kier alpha value is -2.47. The average Bonchev–Trinajstić information content (AvgIpc) is 2.55. The van der Waals surface area contributed by atoms with E-state index in [4.69, 9.17) is 4.74 Å². The predicted octanol–water partition coefficient (Wildman–Crippen LogP) is 3.99. The van der Waals surface area contributed by atoms with E-state index in [0.29, 0.717) is 10.0 Å². The average molecular weight is 379 g/mol. The molecule has 0 aromatic heterocycles. The van der Waals surface area contributed by atoms with Crippen molar-refractivity contribution in [2.75, 3.05) is 7.11 Å². The number of benzene rings is 2. The molecule has 4 nitrogen and oxygen atoms in total. The summed E-state index contributed by atoms with van der Waals surface area (Å²) in [6.45, 7) is 0. The first-order chi connectivity index (χ1) is 11.0. The van der Waals surface area contributed by atoms with Gasteiger partial charge >= 0.3 is 11.9 Å². The fraction of sp³-hybridized carbons (Fsp3) is 0.0588. The third-order valence-electron chi connectivity index (χ3n) is 2.85. The third-order valence-corrected chi connectivity index (χ3v) is 3.34. The van der Waals surface area contributed by atoms with Crippen LogP contribution < -0.4 is 4.74 Å². The molecule has 0 spiro atoms. The molecule has 0 amide bonds. The summed E-state index contributed by atoms with van der Waals surface area (Å²) in [6.07, 6.45) is 2.45. The summed E-state index contributed by atoms with van der Waals surface area (Å²) in [4.78, 5) is 23.0. The topological polar surface area (TPSA) is 52.6 Å². The van der Waals surface area contributed by atoms with Crippen LogP contribution in [0.3, 0.4) is 0 Å². The highest BCUT2D eigenvalue weighted by Crippen LogP contribution is 2.17. The van der Waals surface area contributed by atoms with Crippen LogP contribution in [0.4, 0.5) is 4.39 Å². The fourth-order valence-electron chi connectivity index (χ4n) is 1.73. The molecule has 0 aliphatic heterocycles. The van der Waals surface area contributed by atoms with Crippen LogP contribution in [-0.2, 0) is 9.53 Å². The molecule has 0 N–H and O–H groups in total. The van der Waals surface area contributed by atoms with Gasteiger partial charge in [0.05, 0.1) is 12.7 Å².